The van der Waals surface area contributed by atoms with Crippen molar-refractivity contribution >= 4 is 28.6 Å². The third-order valence-electron chi connectivity index (χ3n) is 3.81. The zero-order valence-electron chi connectivity index (χ0n) is 13.2. The minimum absolute atomic E-state index is 0.279. The van der Waals surface area contributed by atoms with Gasteiger partial charge in [0.1, 0.15) is 0 Å². The standard InChI is InChI=1S/C19H15N5O/c25-19(23-14-4-2-1-3-5-14)24-15-8-6-13(7-9-15)16-10-11-20-18-17(16)21-12-22-18/h1-12H,(H,20,21,22)(H2,23,24,25). The number of hydrogen-bond donors (Lipinski definition) is 3. The summed E-state index contributed by atoms with van der Waals surface area (Å²) in [5.41, 5.74) is 5.07. The fourth-order valence-electron chi connectivity index (χ4n) is 2.64. The van der Waals surface area contributed by atoms with Gasteiger partial charge in [-0.05, 0) is 35.9 Å². The lowest BCUT2D eigenvalue weighted by Crippen LogP contribution is -2.19. The van der Waals surface area contributed by atoms with Gasteiger partial charge >= 0.3 is 6.03 Å². The molecule has 2 aromatic heterocycles. The molecule has 0 bridgehead atoms. The molecule has 0 radical (unpaired) electrons. The normalized spacial score (nSPS) is 10.6. The van der Waals surface area contributed by atoms with E-state index in [1.165, 1.54) is 0 Å². The fraction of sp³-hybridized carbons (Fsp3) is 0. The molecule has 2 amide bonds. The van der Waals surface area contributed by atoms with Crippen molar-refractivity contribution in [1.82, 2.24) is 15.0 Å². The fourth-order valence-corrected chi connectivity index (χ4v) is 2.64. The Balaban J connectivity index is 1.50. The van der Waals surface area contributed by atoms with Crippen LogP contribution >= 0.6 is 0 Å². The maximum absolute atomic E-state index is 12.0. The maximum atomic E-state index is 12.0. The smallest absolute Gasteiger partial charge is 0.323 e. The monoisotopic (exact) mass is 329 g/mol. The highest BCUT2D eigenvalue weighted by atomic mass is 16.2. The lowest BCUT2D eigenvalue weighted by molar-refractivity contribution is 0.262. The Labute approximate surface area is 144 Å². The number of imidazole rings is 1. The number of nitrogens with zero attached hydrogens (tertiary/aromatic N) is 2. The molecule has 4 rings (SSSR count). The summed E-state index contributed by atoms with van der Waals surface area (Å²) in [5, 5.41) is 5.60. The average molecular weight is 329 g/mol. The molecule has 0 fully saturated rings. The van der Waals surface area contributed by atoms with Crippen LogP contribution in [0.15, 0.2) is 73.2 Å². The zero-order valence-corrected chi connectivity index (χ0v) is 13.2. The van der Waals surface area contributed by atoms with Crippen LogP contribution in [0.2, 0.25) is 0 Å². The van der Waals surface area contributed by atoms with Crippen LogP contribution in [0.3, 0.4) is 0 Å². The molecule has 0 aliphatic rings. The third-order valence-corrected chi connectivity index (χ3v) is 3.81. The molecular weight excluding hydrogens is 314 g/mol. The first kappa shape index (κ1) is 14.9. The largest absolute Gasteiger partial charge is 0.343 e. The summed E-state index contributed by atoms with van der Waals surface area (Å²) in [5.74, 6) is 0. The number of benzene rings is 2. The molecule has 25 heavy (non-hydrogen) atoms. The molecule has 6 nitrogen and oxygen atoms in total. The number of urea groups is 1. The maximum Gasteiger partial charge on any atom is 0.323 e. The average Bonchev–Trinajstić information content (AvgIpc) is 3.12. The van der Waals surface area contributed by atoms with E-state index in [9.17, 15) is 4.79 Å². The van der Waals surface area contributed by atoms with Gasteiger partial charge in [-0.25, -0.2) is 14.8 Å². The Morgan fingerprint density at radius 1 is 0.840 bits per heavy atom. The summed E-state index contributed by atoms with van der Waals surface area (Å²) in [6.07, 6.45) is 3.36. The van der Waals surface area contributed by atoms with Crippen molar-refractivity contribution in [1.29, 1.82) is 0 Å². The highest BCUT2D eigenvalue weighted by molar-refractivity contribution is 6.00. The first-order chi connectivity index (χ1) is 12.3. The molecule has 0 saturated carbocycles. The first-order valence-electron chi connectivity index (χ1n) is 7.81. The van der Waals surface area contributed by atoms with Crippen LogP contribution in [-0.2, 0) is 0 Å². The van der Waals surface area contributed by atoms with Gasteiger partial charge in [0.25, 0.3) is 0 Å². The number of anilines is 2. The predicted octanol–water partition coefficient (Wildman–Crippen LogP) is 4.27. The Bertz CT molecular complexity index is 1010. The van der Waals surface area contributed by atoms with Crippen molar-refractivity contribution in [3.8, 4) is 11.1 Å². The summed E-state index contributed by atoms with van der Waals surface area (Å²) in [4.78, 5) is 23.5. The number of carbonyl (C=O) groups excluding carboxylic acids is 1. The summed E-state index contributed by atoms with van der Waals surface area (Å²) in [6.45, 7) is 0. The van der Waals surface area contributed by atoms with Crippen LogP contribution in [-0.4, -0.2) is 21.0 Å². The van der Waals surface area contributed by atoms with Gasteiger partial charge in [-0.1, -0.05) is 30.3 Å². The van der Waals surface area contributed by atoms with E-state index >= 15 is 0 Å². The number of para-hydroxylation sites is 1. The van der Waals surface area contributed by atoms with Crippen molar-refractivity contribution in [3.63, 3.8) is 0 Å². The van der Waals surface area contributed by atoms with E-state index < -0.39 is 0 Å². The highest BCUT2D eigenvalue weighted by Gasteiger charge is 2.07. The Kier molecular flexibility index (Phi) is 3.84. The molecular formula is C19H15N5O. The number of amides is 2. The second kappa shape index (κ2) is 6.45. The van der Waals surface area contributed by atoms with E-state index in [0.29, 0.717) is 11.3 Å². The number of carbonyl (C=O) groups is 1. The van der Waals surface area contributed by atoms with E-state index in [2.05, 4.69) is 25.6 Å². The molecule has 0 saturated heterocycles. The van der Waals surface area contributed by atoms with Crippen LogP contribution in [0.25, 0.3) is 22.3 Å². The number of aromatic nitrogens is 3. The molecule has 0 spiro atoms. The van der Waals surface area contributed by atoms with E-state index in [1.807, 2.05) is 60.7 Å². The molecule has 0 unspecified atom stereocenters. The number of H-pyrrole nitrogens is 1. The summed E-state index contributed by atoms with van der Waals surface area (Å²) in [7, 11) is 0. The Morgan fingerprint density at radius 3 is 2.32 bits per heavy atom. The van der Waals surface area contributed by atoms with Gasteiger partial charge in [0.2, 0.25) is 0 Å². The number of nitrogens with one attached hydrogen (secondary N) is 3. The minimum Gasteiger partial charge on any atom is -0.343 e. The van der Waals surface area contributed by atoms with E-state index in [-0.39, 0.29) is 6.03 Å². The molecule has 0 atom stereocenters. The van der Waals surface area contributed by atoms with Crippen molar-refractivity contribution in [2.45, 2.75) is 0 Å². The van der Waals surface area contributed by atoms with Gasteiger partial charge in [0.05, 0.1) is 11.8 Å². The number of aromatic amines is 1. The van der Waals surface area contributed by atoms with Crippen molar-refractivity contribution in [2.75, 3.05) is 10.6 Å². The van der Waals surface area contributed by atoms with Crippen molar-refractivity contribution in [2.24, 2.45) is 0 Å². The van der Waals surface area contributed by atoms with Crippen LogP contribution in [0, 0.1) is 0 Å². The SMILES string of the molecule is O=C(Nc1ccccc1)Nc1ccc(-c2ccnc3nc[nH]c23)cc1. The van der Waals surface area contributed by atoms with Crippen LogP contribution in [0.1, 0.15) is 0 Å². The number of pyridine rings is 1. The van der Waals surface area contributed by atoms with Gasteiger partial charge in [0.15, 0.2) is 5.65 Å². The van der Waals surface area contributed by atoms with Gasteiger partial charge < -0.3 is 15.6 Å². The van der Waals surface area contributed by atoms with Crippen molar-refractivity contribution in [3.05, 3.63) is 73.2 Å². The topological polar surface area (TPSA) is 82.7 Å². The molecule has 0 aliphatic carbocycles. The van der Waals surface area contributed by atoms with Gasteiger partial charge in [-0.3, -0.25) is 0 Å². The van der Waals surface area contributed by atoms with Crippen molar-refractivity contribution < 1.29 is 4.79 Å². The third kappa shape index (κ3) is 3.18. The molecule has 4 aromatic rings. The predicted molar refractivity (Wildman–Crippen MR) is 98.4 cm³/mol. The van der Waals surface area contributed by atoms with E-state index in [1.54, 1.807) is 12.5 Å². The summed E-state index contributed by atoms with van der Waals surface area (Å²) >= 11 is 0. The minimum atomic E-state index is -0.279. The van der Waals surface area contributed by atoms with Crippen LogP contribution in [0.5, 0.6) is 0 Å². The first-order valence-corrected chi connectivity index (χ1v) is 7.81. The lowest BCUT2D eigenvalue weighted by atomic mass is 10.1. The van der Waals surface area contributed by atoms with Gasteiger partial charge in [-0.2, -0.15) is 0 Å². The van der Waals surface area contributed by atoms with Crippen LogP contribution in [0.4, 0.5) is 16.2 Å². The summed E-state index contributed by atoms with van der Waals surface area (Å²) < 4.78 is 0. The number of rotatable bonds is 3. The highest BCUT2D eigenvalue weighted by Crippen LogP contribution is 2.26. The molecule has 122 valence electrons. The lowest BCUT2D eigenvalue weighted by Gasteiger charge is -2.09. The number of hydrogen-bond acceptors (Lipinski definition) is 3. The zero-order chi connectivity index (χ0) is 17.1. The molecule has 3 N–H and O–H groups in total. The second-order valence-electron chi connectivity index (χ2n) is 5.48. The summed E-state index contributed by atoms with van der Waals surface area (Å²) in [6, 6.07) is 18.6. The molecule has 6 heteroatoms. The second-order valence-corrected chi connectivity index (χ2v) is 5.48. The Morgan fingerprint density at radius 2 is 1.56 bits per heavy atom. The van der Waals surface area contributed by atoms with E-state index in [0.717, 1.165) is 22.3 Å². The Hall–Kier alpha value is -3.67. The van der Waals surface area contributed by atoms with Crippen LogP contribution < -0.4 is 10.6 Å². The molecule has 2 heterocycles. The number of fused-ring (bicyclic) bond motifs is 1. The van der Waals surface area contributed by atoms with E-state index in [4.69, 9.17) is 0 Å². The van der Waals surface area contributed by atoms with Gasteiger partial charge in [-0.15, -0.1) is 0 Å². The molecule has 0 aliphatic heterocycles. The van der Waals surface area contributed by atoms with Gasteiger partial charge in [0, 0.05) is 23.1 Å². The quantitative estimate of drug-likeness (QED) is 0.525. The molecule has 2 aromatic carbocycles.